The van der Waals surface area contributed by atoms with Crippen molar-refractivity contribution in [2.45, 2.75) is 6.54 Å². The summed E-state index contributed by atoms with van der Waals surface area (Å²) in [5.74, 6) is 0.890. The van der Waals surface area contributed by atoms with E-state index >= 15 is 0 Å². The number of hydrogen-bond donors (Lipinski definition) is 1. The van der Waals surface area contributed by atoms with Crippen LogP contribution in [0.15, 0.2) is 45.5 Å². The molecule has 0 unspecified atom stereocenters. The van der Waals surface area contributed by atoms with E-state index in [0.717, 1.165) is 22.3 Å². The molecular formula is C12H12BrNO. The summed E-state index contributed by atoms with van der Waals surface area (Å²) in [6.45, 7) is 0.837. The van der Waals surface area contributed by atoms with Gasteiger partial charge in [0.05, 0.1) is 10.7 Å². The zero-order chi connectivity index (χ0) is 10.7. The van der Waals surface area contributed by atoms with Gasteiger partial charge in [-0.25, -0.2) is 0 Å². The molecule has 1 N–H and O–H groups in total. The van der Waals surface area contributed by atoms with E-state index in [1.807, 2.05) is 25.2 Å². The van der Waals surface area contributed by atoms with Crippen molar-refractivity contribution in [2.24, 2.45) is 0 Å². The summed E-state index contributed by atoms with van der Waals surface area (Å²) in [6, 6.07) is 10.1. The summed E-state index contributed by atoms with van der Waals surface area (Å²) in [5, 5.41) is 3.15. The Morgan fingerprint density at radius 1 is 1.27 bits per heavy atom. The van der Waals surface area contributed by atoms with E-state index < -0.39 is 0 Å². The third kappa shape index (κ3) is 2.13. The van der Waals surface area contributed by atoms with Crippen LogP contribution in [0.2, 0.25) is 0 Å². The summed E-state index contributed by atoms with van der Waals surface area (Å²) < 4.78 is 6.45. The van der Waals surface area contributed by atoms with Crippen LogP contribution in [0, 0.1) is 0 Å². The number of hydrogen-bond acceptors (Lipinski definition) is 2. The smallest absolute Gasteiger partial charge is 0.148 e. The van der Waals surface area contributed by atoms with Gasteiger partial charge in [0.25, 0.3) is 0 Å². The van der Waals surface area contributed by atoms with Crippen LogP contribution in [0.4, 0.5) is 0 Å². The second kappa shape index (κ2) is 4.64. The molecule has 1 aromatic heterocycles. The molecule has 2 aromatic rings. The largest absolute Gasteiger partial charge is 0.463 e. The van der Waals surface area contributed by atoms with Crippen molar-refractivity contribution in [3.05, 3.63) is 46.6 Å². The molecular weight excluding hydrogens is 254 g/mol. The quantitative estimate of drug-likeness (QED) is 0.920. The summed E-state index contributed by atoms with van der Waals surface area (Å²) in [6.07, 6.45) is 1.69. The minimum absolute atomic E-state index is 0.837. The van der Waals surface area contributed by atoms with Crippen LogP contribution < -0.4 is 5.32 Å². The molecule has 1 aromatic carbocycles. The first-order chi connectivity index (χ1) is 7.33. The number of furan rings is 1. The van der Waals surface area contributed by atoms with E-state index in [9.17, 15) is 0 Å². The fourth-order valence-electron chi connectivity index (χ4n) is 1.57. The second-order valence-electron chi connectivity index (χ2n) is 3.29. The van der Waals surface area contributed by atoms with E-state index in [4.69, 9.17) is 4.42 Å². The van der Waals surface area contributed by atoms with Gasteiger partial charge in [-0.3, -0.25) is 0 Å². The molecule has 0 aliphatic carbocycles. The summed E-state index contributed by atoms with van der Waals surface area (Å²) >= 11 is 3.47. The van der Waals surface area contributed by atoms with E-state index in [2.05, 4.69) is 33.4 Å². The molecule has 0 radical (unpaired) electrons. The average Bonchev–Trinajstić information content (AvgIpc) is 2.66. The molecule has 0 spiro atoms. The van der Waals surface area contributed by atoms with Crippen molar-refractivity contribution in [2.75, 3.05) is 7.05 Å². The van der Waals surface area contributed by atoms with Crippen LogP contribution in [0.1, 0.15) is 5.56 Å². The number of rotatable bonds is 3. The highest BCUT2D eigenvalue weighted by molar-refractivity contribution is 9.10. The maximum absolute atomic E-state index is 5.46. The molecule has 0 saturated carbocycles. The van der Waals surface area contributed by atoms with Crippen molar-refractivity contribution in [1.29, 1.82) is 0 Å². The lowest BCUT2D eigenvalue weighted by molar-refractivity contribution is 0.580. The molecule has 0 aliphatic heterocycles. The first kappa shape index (κ1) is 10.5. The molecule has 0 saturated heterocycles. The molecule has 2 nitrogen and oxygen atoms in total. The van der Waals surface area contributed by atoms with Crippen LogP contribution in [-0.4, -0.2) is 7.05 Å². The van der Waals surface area contributed by atoms with Crippen molar-refractivity contribution < 1.29 is 4.42 Å². The lowest BCUT2D eigenvalue weighted by Gasteiger charge is -2.06. The van der Waals surface area contributed by atoms with Gasteiger partial charge in [0.15, 0.2) is 0 Å². The Morgan fingerprint density at radius 2 is 2.07 bits per heavy atom. The lowest BCUT2D eigenvalue weighted by Crippen LogP contribution is -2.06. The van der Waals surface area contributed by atoms with Crippen LogP contribution >= 0.6 is 15.9 Å². The Balaban J connectivity index is 2.48. The molecule has 15 heavy (non-hydrogen) atoms. The molecule has 2 rings (SSSR count). The Labute approximate surface area is 97.4 Å². The van der Waals surface area contributed by atoms with E-state index in [-0.39, 0.29) is 0 Å². The summed E-state index contributed by atoms with van der Waals surface area (Å²) in [5.41, 5.74) is 2.36. The van der Waals surface area contributed by atoms with E-state index in [1.165, 1.54) is 5.56 Å². The highest BCUT2D eigenvalue weighted by atomic mass is 79.9. The molecule has 0 atom stereocenters. The zero-order valence-corrected chi connectivity index (χ0v) is 10.0. The minimum atomic E-state index is 0.837. The zero-order valence-electron chi connectivity index (χ0n) is 8.46. The van der Waals surface area contributed by atoms with Crippen molar-refractivity contribution in [3.63, 3.8) is 0 Å². The van der Waals surface area contributed by atoms with Gasteiger partial charge >= 0.3 is 0 Å². The van der Waals surface area contributed by atoms with Crippen LogP contribution in [0.3, 0.4) is 0 Å². The topological polar surface area (TPSA) is 25.2 Å². The maximum Gasteiger partial charge on any atom is 0.148 e. The Kier molecular flexibility index (Phi) is 3.23. The highest BCUT2D eigenvalue weighted by Gasteiger charge is 2.10. The van der Waals surface area contributed by atoms with Crippen molar-refractivity contribution >= 4 is 15.9 Å². The van der Waals surface area contributed by atoms with Gasteiger partial charge in [-0.15, -0.1) is 0 Å². The first-order valence-electron chi connectivity index (χ1n) is 4.79. The van der Waals surface area contributed by atoms with Gasteiger partial charge in [-0.2, -0.15) is 0 Å². The molecule has 0 bridgehead atoms. The molecule has 3 heteroatoms. The Hall–Kier alpha value is -1.06. The molecule has 0 aliphatic rings. The Morgan fingerprint density at radius 3 is 2.73 bits per heavy atom. The van der Waals surface area contributed by atoms with Crippen LogP contribution in [0.25, 0.3) is 11.3 Å². The maximum atomic E-state index is 5.46. The fourth-order valence-corrected chi connectivity index (χ4v) is 1.99. The normalized spacial score (nSPS) is 10.5. The summed E-state index contributed by atoms with van der Waals surface area (Å²) in [7, 11) is 1.94. The fraction of sp³-hybridized carbons (Fsp3) is 0.167. The standard InChI is InChI=1S/C12H12BrNO/c1-14-8-9-4-2-3-5-10(9)12-11(13)6-7-15-12/h2-7,14H,8H2,1H3. The van der Waals surface area contributed by atoms with E-state index in [1.54, 1.807) is 6.26 Å². The van der Waals surface area contributed by atoms with E-state index in [0.29, 0.717) is 0 Å². The predicted octanol–water partition coefficient (Wildman–Crippen LogP) is 3.43. The van der Waals surface area contributed by atoms with Crippen LogP contribution in [-0.2, 0) is 6.54 Å². The number of nitrogens with one attached hydrogen (secondary N) is 1. The van der Waals surface area contributed by atoms with Gasteiger partial charge in [-0.05, 0) is 34.6 Å². The molecule has 78 valence electrons. The minimum Gasteiger partial charge on any atom is -0.463 e. The lowest BCUT2D eigenvalue weighted by atomic mass is 10.1. The predicted molar refractivity (Wildman–Crippen MR) is 64.6 cm³/mol. The average molecular weight is 266 g/mol. The Bertz CT molecular complexity index is 450. The third-order valence-electron chi connectivity index (χ3n) is 2.25. The van der Waals surface area contributed by atoms with Gasteiger partial charge in [0, 0.05) is 12.1 Å². The molecule has 1 heterocycles. The van der Waals surface area contributed by atoms with Gasteiger partial charge in [-0.1, -0.05) is 24.3 Å². The van der Waals surface area contributed by atoms with Crippen molar-refractivity contribution in [3.8, 4) is 11.3 Å². The summed E-state index contributed by atoms with van der Waals surface area (Å²) in [4.78, 5) is 0. The SMILES string of the molecule is CNCc1ccccc1-c1occc1Br. The second-order valence-corrected chi connectivity index (χ2v) is 4.14. The van der Waals surface area contributed by atoms with Gasteiger partial charge in [0.1, 0.15) is 5.76 Å². The molecule has 0 amide bonds. The van der Waals surface area contributed by atoms with Gasteiger partial charge < -0.3 is 9.73 Å². The first-order valence-corrected chi connectivity index (χ1v) is 5.58. The number of benzene rings is 1. The van der Waals surface area contributed by atoms with Crippen LogP contribution in [0.5, 0.6) is 0 Å². The highest BCUT2D eigenvalue weighted by Crippen LogP contribution is 2.31. The van der Waals surface area contributed by atoms with Crippen molar-refractivity contribution in [1.82, 2.24) is 5.32 Å². The molecule has 0 fully saturated rings. The third-order valence-corrected chi connectivity index (χ3v) is 2.87. The number of halogens is 1. The van der Waals surface area contributed by atoms with Gasteiger partial charge in [0.2, 0.25) is 0 Å². The monoisotopic (exact) mass is 265 g/mol.